The summed E-state index contributed by atoms with van der Waals surface area (Å²) >= 11 is 0. The van der Waals surface area contributed by atoms with Crippen LogP contribution in [0.2, 0.25) is 0 Å². The first-order chi connectivity index (χ1) is 10.5. The van der Waals surface area contributed by atoms with E-state index in [1.54, 1.807) is 6.07 Å². The van der Waals surface area contributed by atoms with E-state index in [9.17, 15) is 9.59 Å². The summed E-state index contributed by atoms with van der Waals surface area (Å²) in [4.78, 5) is 24.4. The third kappa shape index (κ3) is 2.72. The Morgan fingerprint density at radius 3 is 2.73 bits per heavy atom. The fourth-order valence-electron chi connectivity index (χ4n) is 2.60. The zero-order valence-corrected chi connectivity index (χ0v) is 12.6. The Balaban J connectivity index is 1.80. The first kappa shape index (κ1) is 14.3. The molecule has 1 heterocycles. The van der Waals surface area contributed by atoms with Crippen LogP contribution in [0.5, 0.6) is 0 Å². The molecule has 0 aliphatic carbocycles. The zero-order valence-electron chi connectivity index (χ0n) is 12.6. The van der Waals surface area contributed by atoms with E-state index in [4.69, 9.17) is 4.74 Å². The fraction of sp³-hybridized carbons (Fsp3) is 0.222. The lowest BCUT2D eigenvalue weighted by Crippen LogP contribution is -2.38. The number of fused-ring (bicyclic) bond motifs is 1. The van der Waals surface area contributed by atoms with Crippen molar-refractivity contribution in [3.63, 3.8) is 0 Å². The number of hydrogen-bond donors (Lipinski definition) is 1. The summed E-state index contributed by atoms with van der Waals surface area (Å²) in [5.41, 5.74) is 4.17. The second-order valence-corrected chi connectivity index (χ2v) is 5.56. The molecule has 1 amide bonds. The molecule has 1 atom stereocenters. The van der Waals surface area contributed by atoms with E-state index in [0.29, 0.717) is 12.0 Å². The monoisotopic (exact) mass is 295 g/mol. The van der Waals surface area contributed by atoms with Gasteiger partial charge in [0.25, 0.3) is 5.91 Å². The number of anilines is 1. The molecule has 0 saturated heterocycles. The number of para-hydroxylation sites is 1. The van der Waals surface area contributed by atoms with E-state index in [2.05, 4.69) is 5.32 Å². The Morgan fingerprint density at radius 1 is 1.18 bits per heavy atom. The normalized spacial score (nSPS) is 16.6. The van der Waals surface area contributed by atoms with Crippen LogP contribution >= 0.6 is 0 Å². The maximum Gasteiger partial charge on any atom is 0.339 e. The molecule has 1 aliphatic rings. The van der Waals surface area contributed by atoms with E-state index >= 15 is 0 Å². The van der Waals surface area contributed by atoms with Crippen LogP contribution in [0.25, 0.3) is 0 Å². The maximum absolute atomic E-state index is 12.4. The molecule has 0 aromatic heterocycles. The van der Waals surface area contributed by atoms with Crippen LogP contribution in [0.1, 0.15) is 27.0 Å². The second-order valence-electron chi connectivity index (χ2n) is 5.56. The number of aryl methyl sites for hydroxylation is 2. The van der Waals surface area contributed by atoms with Crippen molar-refractivity contribution in [3.8, 4) is 0 Å². The summed E-state index contributed by atoms with van der Waals surface area (Å²) in [6.45, 7) is 3.88. The van der Waals surface area contributed by atoms with Gasteiger partial charge in [0.1, 0.15) is 0 Å². The van der Waals surface area contributed by atoms with E-state index in [1.165, 1.54) is 0 Å². The van der Waals surface area contributed by atoms with Gasteiger partial charge in [-0.3, -0.25) is 4.79 Å². The van der Waals surface area contributed by atoms with Crippen LogP contribution in [0.4, 0.5) is 5.69 Å². The molecule has 1 aliphatic heterocycles. The summed E-state index contributed by atoms with van der Waals surface area (Å²) in [6, 6.07) is 13.1. The van der Waals surface area contributed by atoms with Gasteiger partial charge in [-0.2, -0.15) is 0 Å². The van der Waals surface area contributed by atoms with Crippen molar-refractivity contribution in [2.45, 2.75) is 26.4 Å². The third-order valence-electron chi connectivity index (χ3n) is 3.83. The highest BCUT2D eigenvalue weighted by molar-refractivity contribution is 6.00. The van der Waals surface area contributed by atoms with Gasteiger partial charge in [-0.25, -0.2) is 4.79 Å². The van der Waals surface area contributed by atoms with Crippen molar-refractivity contribution in [3.05, 3.63) is 64.7 Å². The Hall–Kier alpha value is -2.62. The molecule has 0 saturated carbocycles. The Morgan fingerprint density at radius 2 is 1.95 bits per heavy atom. The van der Waals surface area contributed by atoms with Crippen LogP contribution in [-0.4, -0.2) is 18.0 Å². The summed E-state index contributed by atoms with van der Waals surface area (Å²) in [5, 5.41) is 2.83. The van der Waals surface area contributed by atoms with Crippen molar-refractivity contribution in [1.29, 1.82) is 0 Å². The number of benzene rings is 2. The number of ether oxygens (including phenoxy) is 1. The van der Waals surface area contributed by atoms with Gasteiger partial charge in [0, 0.05) is 12.1 Å². The lowest BCUT2D eigenvalue weighted by Gasteiger charge is -2.24. The van der Waals surface area contributed by atoms with Gasteiger partial charge in [0.15, 0.2) is 6.10 Å². The molecular formula is C18H17NO3. The number of cyclic esters (lactones) is 1. The van der Waals surface area contributed by atoms with E-state index < -0.39 is 12.1 Å². The molecule has 4 nitrogen and oxygen atoms in total. The largest absolute Gasteiger partial charge is 0.448 e. The highest BCUT2D eigenvalue weighted by Gasteiger charge is 2.31. The Labute approximate surface area is 129 Å². The zero-order chi connectivity index (χ0) is 15.7. The summed E-state index contributed by atoms with van der Waals surface area (Å²) in [5.74, 6) is -0.735. The molecule has 1 N–H and O–H groups in total. The SMILES string of the molecule is Cc1ccc2c(c1)CC(C(=O)Nc1ccccc1C)OC2=O. The number of hydrogen-bond acceptors (Lipinski definition) is 3. The second kappa shape index (κ2) is 5.64. The van der Waals surface area contributed by atoms with Crippen molar-refractivity contribution in [2.75, 3.05) is 5.32 Å². The highest BCUT2D eigenvalue weighted by Crippen LogP contribution is 2.23. The first-order valence-corrected chi connectivity index (χ1v) is 7.21. The maximum atomic E-state index is 12.4. The van der Waals surface area contributed by atoms with Gasteiger partial charge >= 0.3 is 5.97 Å². The number of nitrogens with one attached hydrogen (secondary N) is 1. The molecule has 2 aromatic rings. The molecule has 0 fully saturated rings. The standard InChI is InChI=1S/C18H17NO3/c1-11-7-8-14-13(9-11)10-16(22-18(14)21)17(20)19-15-6-4-3-5-12(15)2/h3-9,16H,10H2,1-2H3,(H,19,20). The highest BCUT2D eigenvalue weighted by atomic mass is 16.5. The van der Waals surface area contributed by atoms with E-state index in [-0.39, 0.29) is 5.91 Å². The lowest BCUT2D eigenvalue weighted by atomic mass is 9.96. The van der Waals surface area contributed by atoms with Gasteiger partial charge in [-0.05, 0) is 37.1 Å². The van der Waals surface area contributed by atoms with Gasteiger partial charge in [-0.15, -0.1) is 0 Å². The van der Waals surface area contributed by atoms with E-state index in [1.807, 2.05) is 50.2 Å². The van der Waals surface area contributed by atoms with Crippen LogP contribution in [0.3, 0.4) is 0 Å². The summed E-state index contributed by atoms with van der Waals surface area (Å²) in [7, 11) is 0. The number of carbonyl (C=O) groups is 2. The molecule has 4 heteroatoms. The Bertz CT molecular complexity index is 752. The van der Waals surface area contributed by atoms with Gasteiger partial charge < -0.3 is 10.1 Å². The van der Waals surface area contributed by atoms with Crippen molar-refractivity contribution in [1.82, 2.24) is 0 Å². The van der Waals surface area contributed by atoms with Crippen LogP contribution in [0, 0.1) is 13.8 Å². The number of amides is 1. The molecule has 22 heavy (non-hydrogen) atoms. The molecule has 0 spiro atoms. The molecular weight excluding hydrogens is 278 g/mol. The van der Waals surface area contributed by atoms with Crippen molar-refractivity contribution >= 4 is 17.6 Å². The number of esters is 1. The van der Waals surface area contributed by atoms with Crippen molar-refractivity contribution in [2.24, 2.45) is 0 Å². The molecule has 0 radical (unpaired) electrons. The van der Waals surface area contributed by atoms with Gasteiger partial charge in [0.05, 0.1) is 5.56 Å². The minimum Gasteiger partial charge on any atom is -0.448 e. The molecule has 0 bridgehead atoms. The fourth-order valence-corrected chi connectivity index (χ4v) is 2.60. The quantitative estimate of drug-likeness (QED) is 0.866. The lowest BCUT2D eigenvalue weighted by molar-refractivity contribution is -0.125. The minimum atomic E-state index is -0.790. The van der Waals surface area contributed by atoms with Crippen LogP contribution in [-0.2, 0) is 16.0 Å². The molecule has 1 unspecified atom stereocenters. The average Bonchev–Trinajstić information content (AvgIpc) is 2.49. The smallest absolute Gasteiger partial charge is 0.339 e. The predicted octanol–water partition coefficient (Wildman–Crippen LogP) is 3.02. The first-order valence-electron chi connectivity index (χ1n) is 7.21. The Kier molecular flexibility index (Phi) is 3.67. The average molecular weight is 295 g/mol. The van der Waals surface area contributed by atoms with E-state index in [0.717, 1.165) is 22.4 Å². The molecule has 112 valence electrons. The minimum absolute atomic E-state index is 0.296. The number of rotatable bonds is 2. The van der Waals surface area contributed by atoms with Crippen LogP contribution in [0.15, 0.2) is 42.5 Å². The predicted molar refractivity (Wildman–Crippen MR) is 83.9 cm³/mol. The summed E-state index contributed by atoms with van der Waals surface area (Å²) in [6.07, 6.45) is -0.387. The number of carbonyl (C=O) groups excluding carboxylic acids is 2. The third-order valence-corrected chi connectivity index (χ3v) is 3.83. The molecule has 3 rings (SSSR count). The van der Waals surface area contributed by atoms with Gasteiger partial charge in [-0.1, -0.05) is 35.9 Å². The van der Waals surface area contributed by atoms with Crippen molar-refractivity contribution < 1.29 is 14.3 Å². The summed E-state index contributed by atoms with van der Waals surface area (Å²) < 4.78 is 5.28. The van der Waals surface area contributed by atoms with Gasteiger partial charge in [0.2, 0.25) is 0 Å². The topological polar surface area (TPSA) is 55.4 Å². The van der Waals surface area contributed by atoms with Crippen LogP contribution < -0.4 is 5.32 Å². The molecule has 2 aromatic carbocycles.